The normalized spacial score (nSPS) is 11.0. The molecule has 0 aliphatic heterocycles. The fraction of sp³-hybridized carbons (Fsp3) is 0.471. The Balaban J connectivity index is 2.02. The van der Waals surface area contributed by atoms with Crippen molar-refractivity contribution in [1.82, 2.24) is 14.9 Å². The van der Waals surface area contributed by atoms with Gasteiger partial charge in [0.05, 0.1) is 16.9 Å². The third kappa shape index (κ3) is 4.27. The van der Waals surface area contributed by atoms with E-state index in [2.05, 4.69) is 16.5 Å². The molecule has 5 nitrogen and oxygen atoms in total. The lowest BCUT2D eigenvalue weighted by molar-refractivity contribution is -0.127. The summed E-state index contributed by atoms with van der Waals surface area (Å²) >= 11 is 3.00. The molecule has 130 valence electrons. The molecule has 7 heteroatoms. The minimum atomic E-state index is -0.0961. The summed E-state index contributed by atoms with van der Waals surface area (Å²) in [4.78, 5) is 35.5. The van der Waals surface area contributed by atoms with Crippen molar-refractivity contribution in [2.75, 3.05) is 18.8 Å². The van der Waals surface area contributed by atoms with Gasteiger partial charge in [0.2, 0.25) is 5.91 Å². The number of carbonyl (C=O) groups excluding carboxylic acids is 1. The van der Waals surface area contributed by atoms with Gasteiger partial charge in [0.15, 0.2) is 0 Å². The second-order valence-electron chi connectivity index (χ2n) is 5.83. The number of aryl methyl sites for hydroxylation is 2. The van der Waals surface area contributed by atoms with Gasteiger partial charge in [0.25, 0.3) is 5.56 Å². The van der Waals surface area contributed by atoms with Crippen LogP contribution in [-0.4, -0.2) is 39.6 Å². The van der Waals surface area contributed by atoms with Crippen molar-refractivity contribution < 1.29 is 4.79 Å². The Morgan fingerprint density at radius 3 is 2.75 bits per heavy atom. The number of nitrogens with zero attached hydrogens (tertiary/aromatic N) is 2. The van der Waals surface area contributed by atoms with Crippen LogP contribution in [0, 0.1) is 13.8 Å². The molecule has 0 radical (unpaired) electrons. The molecule has 0 bridgehead atoms. The largest absolute Gasteiger partial charge is 0.338 e. The number of carbonyl (C=O) groups is 1. The van der Waals surface area contributed by atoms with Gasteiger partial charge < -0.3 is 9.88 Å². The van der Waals surface area contributed by atoms with Crippen LogP contribution in [0.2, 0.25) is 0 Å². The van der Waals surface area contributed by atoms with Crippen LogP contribution < -0.4 is 5.56 Å². The monoisotopic (exact) mass is 365 g/mol. The van der Waals surface area contributed by atoms with Crippen LogP contribution in [-0.2, 0) is 10.5 Å². The molecule has 2 aromatic rings. The molecular weight excluding hydrogens is 342 g/mol. The van der Waals surface area contributed by atoms with Crippen molar-refractivity contribution in [1.29, 1.82) is 0 Å². The summed E-state index contributed by atoms with van der Waals surface area (Å²) in [6, 6.07) is 0. The zero-order chi connectivity index (χ0) is 17.9. The molecule has 0 saturated carbocycles. The van der Waals surface area contributed by atoms with Crippen molar-refractivity contribution in [3.63, 3.8) is 0 Å². The number of aromatic amines is 1. The van der Waals surface area contributed by atoms with Crippen LogP contribution in [0.15, 0.2) is 16.9 Å². The fourth-order valence-corrected chi connectivity index (χ4v) is 4.23. The van der Waals surface area contributed by atoms with Crippen molar-refractivity contribution in [2.45, 2.75) is 33.4 Å². The van der Waals surface area contributed by atoms with E-state index >= 15 is 0 Å². The number of nitrogens with one attached hydrogen (secondary N) is 1. The Morgan fingerprint density at radius 2 is 2.12 bits per heavy atom. The summed E-state index contributed by atoms with van der Waals surface area (Å²) in [5.41, 5.74) is 1.87. The number of aromatic nitrogens is 2. The molecule has 0 fully saturated rings. The van der Waals surface area contributed by atoms with Gasteiger partial charge in [-0.05, 0) is 33.3 Å². The van der Waals surface area contributed by atoms with Crippen molar-refractivity contribution in [3.05, 3.63) is 38.8 Å². The first-order chi connectivity index (χ1) is 11.3. The van der Waals surface area contributed by atoms with E-state index in [1.165, 1.54) is 23.1 Å². The van der Waals surface area contributed by atoms with Crippen molar-refractivity contribution >= 4 is 39.2 Å². The summed E-state index contributed by atoms with van der Waals surface area (Å²) < 4.78 is 0. The molecule has 0 aliphatic rings. The number of hydrogen-bond acceptors (Lipinski definition) is 5. The fourth-order valence-electron chi connectivity index (χ4n) is 2.40. The number of fused-ring (bicyclic) bond motifs is 1. The smallest absolute Gasteiger partial charge is 0.259 e. The highest BCUT2D eigenvalue weighted by Crippen LogP contribution is 2.26. The lowest BCUT2D eigenvalue weighted by atomic mass is 10.2. The number of thioether (sulfide) groups is 1. The van der Waals surface area contributed by atoms with E-state index in [-0.39, 0.29) is 11.5 Å². The molecule has 0 saturated heterocycles. The van der Waals surface area contributed by atoms with Gasteiger partial charge in [-0.3, -0.25) is 9.59 Å². The standard InChI is InChI=1S/C17H23N3O2S2/c1-6-20(7-10(2)3)14(21)9-23-8-13-18-16(22)15-11(4)12(5)24-17(15)19-13/h2,6-9H2,1,3-5H3,(H,18,19,22). The summed E-state index contributed by atoms with van der Waals surface area (Å²) in [6.07, 6.45) is 0. The van der Waals surface area contributed by atoms with Gasteiger partial charge in [0, 0.05) is 18.0 Å². The van der Waals surface area contributed by atoms with Crippen LogP contribution in [0.5, 0.6) is 0 Å². The predicted octanol–water partition coefficient (Wildman–Crippen LogP) is 3.26. The average Bonchev–Trinajstić information content (AvgIpc) is 2.79. The Bertz CT molecular complexity index is 823. The minimum Gasteiger partial charge on any atom is -0.338 e. The Kier molecular flexibility index (Phi) is 6.23. The lowest BCUT2D eigenvalue weighted by Crippen LogP contribution is -2.33. The third-order valence-corrected chi connectivity index (χ3v) is 5.78. The first kappa shape index (κ1) is 18.7. The van der Waals surface area contributed by atoms with Gasteiger partial charge in [-0.25, -0.2) is 4.98 Å². The van der Waals surface area contributed by atoms with Crippen LogP contribution in [0.4, 0.5) is 0 Å². The molecule has 0 spiro atoms. The zero-order valence-corrected chi connectivity index (χ0v) is 16.2. The number of thiophene rings is 1. The highest BCUT2D eigenvalue weighted by molar-refractivity contribution is 7.99. The highest BCUT2D eigenvalue weighted by atomic mass is 32.2. The number of amides is 1. The number of H-pyrrole nitrogens is 1. The van der Waals surface area contributed by atoms with E-state index < -0.39 is 0 Å². The van der Waals surface area contributed by atoms with Gasteiger partial charge >= 0.3 is 0 Å². The molecule has 0 aromatic carbocycles. The van der Waals surface area contributed by atoms with Gasteiger partial charge in [-0.1, -0.05) is 12.2 Å². The predicted molar refractivity (Wildman–Crippen MR) is 103 cm³/mol. The second kappa shape index (κ2) is 7.98. The maximum absolute atomic E-state index is 12.2. The second-order valence-corrected chi connectivity index (χ2v) is 8.02. The first-order valence-corrected chi connectivity index (χ1v) is 9.79. The molecule has 0 aliphatic carbocycles. The highest BCUT2D eigenvalue weighted by Gasteiger charge is 2.14. The zero-order valence-electron chi connectivity index (χ0n) is 14.6. The number of hydrogen-bond donors (Lipinski definition) is 1. The summed E-state index contributed by atoms with van der Waals surface area (Å²) in [5, 5.41) is 0.681. The van der Waals surface area contributed by atoms with Crippen molar-refractivity contribution in [2.24, 2.45) is 0 Å². The Morgan fingerprint density at radius 1 is 1.42 bits per heavy atom. The molecule has 2 heterocycles. The first-order valence-electron chi connectivity index (χ1n) is 7.82. The molecule has 0 unspecified atom stereocenters. The number of likely N-dealkylation sites (N-methyl/N-ethyl adjacent to an activating group) is 1. The molecule has 2 rings (SSSR count). The topological polar surface area (TPSA) is 66.1 Å². The van der Waals surface area contributed by atoms with Crippen LogP contribution >= 0.6 is 23.1 Å². The van der Waals surface area contributed by atoms with Crippen LogP contribution in [0.25, 0.3) is 10.2 Å². The molecule has 1 amide bonds. The quantitative estimate of drug-likeness (QED) is 0.765. The Hall–Kier alpha value is -1.60. The van der Waals surface area contributed by atoms with Crippen LogP contribution in [0.1, 0.15) is 30.1 Å². The SMILES string of the molecule is C=C(C)CN(CC)C(=O)CSCc1nc2sc(C)c(C)c2c(=O)[nH]1. The maximum Gasteiger partial charge on any atom is 0.259 e. The summed E-state index contributed by atoms with van der Waals surface area (Å²) in [6.45, 7) is 12.9. The molecule has 24 heavy (non-hydrogen) atoms. The lowest BCUT2D eigenvalue weighted by Gasteiger charge is -2.20. The van der Waals surface area contributed by atoms with Gasteiger partial charge in [-0.2, -0.15) is 0 Å². The Labute approximate surface area is 150 Å². The van der Waals surface area contributed by atoms with Gasteiger partial charge in [-0.15, -0.1) is 23.1 Å². The van der Waals surface area contributed by atoms with E-state index in [1.807, 2.05) is 27.7 Å². The molecule has 2 aromatic heterocycles. The average molecular weight is 366 g/mol. The van der Waals surface area contributed by atoms with Crippen LogP contribution in [0.3, 0.4) is 0 Å². The third-order valence-electron chi connectivity index (χ3n) is 3.75. The van der Waals surface area contributed by atoms with Gasteiger partial charge in [0.1, 0.15) is 10.7 Å². The molecular formula is C17H23N3O2S2. The van der Waals surface area contributed by atoms with E-state index in [9.17, 15) is 9.59 Å². The van der Waals surface area contributed by atoms with E-state index in [0.29, 0.717) is 35.8 Å². The maximum atomic E-state index is 12.2. The minimum absolute atomic E-state index is 0.0803. The number of rotatable bonds is 7. The van der Waals surface area contributed by atoms with E-state index in [4.69, 9.17) is 0 Å². The molecule has 0 atom stereocenters. The van der Waals surface area contributed by atoms with E-state index in [0.717, 1.165) is 20.8 Å². The van der Waals surface area contributed by atoms with Crippen molar-refractivity contribution in [3.8, 4) is 0 Å². The van der Waals surface area contributed by atoms with E-state index in [1.54, 1.807) is 4.90 Å². The molecule has 1 N–H and O–H groups in total. The summed E-state index contributed by atoms with van der Waals surface area (Å²) in [7, 11) is 0. The summed E-state index contributed by atoms with van der Waals surface area (Å²) in [5.74, 6) is 1.58.